The van der Waals surface area contributed by atoms with Gasteiger partial charge in [-0.25, -0.2) is 38.3 Å². The molecule has 3 saturated heterocycles. The molecule has 4 N–H and O–H groups in total. The molecule has 10 atom stereocenters. The zero-order valence-corrected chi connectivity index (χ0v) is 36.2. The van der Waals surface area contributed by atoms with Gasteiger partial charge in [0.05, 0.1) is 71.2 Å². The summed E-state index contributed by atoms with van der Waals surface area (Å²) in [5.74, 6) is 0.0759. The van der Waals surface area contributed by atoms with Crippen LogP contribution >= 0.6 is 25.7 Å². The van der Waals surface area contributed by atoms with Crippen LogP contribution in [0.25, 0.3) is 32.8 Å². The highest BCUT2D eigenvalue weighted by Crippen LogP contribution is 2.65. The van der Waals surface area contributed by atoms with Gasteiger partial charge in [0, 0.05) is 23.4 Å². The lowest BCUT2D eigenvalue weighted by atomic mass is 10.1. The highest BCUT2D eigenvalue weighted by Gasteiger charge is 2.54. The standard InChI is InChI=1S/C35H41BF2N12O11P2S/c36-62(51)56-14-23-30(26(38)35(58-23)49-18-45-27-22(39)5-6-42-32(27)49)61-63(52,64-16-21-3-1-20(2-4-21)13-55-12-11-54-10-9-53-8-7-47-48-41)57-15-24-29(60-62)25(37)34(59-24)50-19-46-28-31(40)43-17-44-33(28)50/h1-6,17-19,23-26,29-30,34-35H,7-16H2,(H2,39,42)(H2,40,43,44)/t23-,24-,25-,26-,29-,30-,34-,35-,62-,63+/m1/s1. The molecule has 5 aromatic rings. The highest BCUT2D eigenvalue weighted by molar-refractivity contribution is 8.54. The average Bonchev–Trinajstić information content (AvgIpc) is 4.05. The molecule has 64 heavy (non-hydrogen) atoms. The normalized spacial score (nSPS) is 29.8. The van der Waals surface area contributed by atoms with Gasteiger partial charge < -0.3 is 44.2 Å². The van der Waals surface area contributed by atoms with Crippen LogP contribution in [-0.2, 0) is 63.3 Å². The minimum atomic E-state index is -4.67. The van der Waals surface area contributed by atoms with E-state index in [1.54, 1.807) is 12.1 Å². The van der Waals surface area contributed by atoms with Gasteiger partial charge in [-0.15, -0.1) is 0 Å². The van der Waals surface area contributed by atoms with Gasteiger partial charge in [-0.2, -0.15) is 0 Å². The van der Waals surface area contributed by atoms with E-state index in [-0.39, 0.29) is 52.7 Å². The summed E-state index contributed by atoms with van der Waals surface area (Å²) < 4.78 is 116. The number of hydrogen-bond acceptors (Lipinski definition) is 20. The number of nitrogens with zero attached hydrogens (tertiary/aromatic N) is 10. The van der Waals surface area contributed by atoms with Crippen molar-refractivity contribution >= 4 is 67.1 Å². The lowest BCUT2D eigenvalue weighted by Gasteiger charge is -2.30. The van der Waals surface area contributed by atoms with Crippen LogP contribution in [0.1, 0.15) is 23.6 Å². The number of imidazole rings is 2. The number of nitrogen functional groups attached to an aromatic ring is 2. The van der Waals surface area contributed by atoms with Crippen molar-refractivity contribution in [3.63, 3.8) is 0 Å². The molecular weight excluding hydrogens is 907 g/mol. The second kappa shape index (κ2) is 20.5. The van der Waals surface area contributed by atoms with Crippen LogP contribution in [0.2, 0.25) is 0 Å². The van der Waals surface area contributed by atoms with Crippen LogP contribution in [0.4, 0.5) is 20.3 Å². The van der Waals surface area contributed by atoms with Crippen LogP contribution in [0.15, 0.2) is 60.6 Å². The Morgan fingerprint density at radius 2 is 1.42 bits per heavy atom. The lowest BCUT2D eigenvalue weighted by molar-refractivity contribution is -0.0546. The number of benzene rings is 1. The third kappa shape index (κ3) is 10.5. The number of halogens is 2. The van der Waals surface area contributed by atoms with Crippen molar-refractivity contribution in [2.75, 3.05) is 64.3 Å². The molecule has 3 aliphatic heterocycles. The number of ether oxygens (including phenoxy) is 5. The molecule has 0 amide bonds. The summed E-state index contributed by atoms with van der Waals surface area (Å²) in [6, 6.07) is 8.75. The third-order valence-corrected chi connectivity index (χ3v) is 14.8. The van der Waals surface area contributed by atoms with Gasteiger partial charge in [0.2, 0.25) is 7.57 Å². The smallest absolute Gasteiger partial charge is 0.389 e. The summed E-state index contributed by atoms with van der Waals surface area (Å²) >= 11 is 0.742. The van der Waals surface area contributed by atoms with Gasteiger partial charge >= 0.3 is 6.80 Å². The van der Waals surface area contributed by atoms with Crippen molar-refractivity contribution in [2.24, 2.45) is 5.11 Å². The minimum Gasteiger partial charge on any atom is -0.397 e. The summed E-state index contributed by atoms with van der Waals surface area (Å²) in [6.45, 7) is -3.63. The quantitative estimate of drug-likeness (QED) is 0.0332. The fourth-order valence-corrected chi connectivity index (χ4v) is 11.4. The Bertz CT molecular complexity index is 2550. The van der Waals surface area contributed by atoms with Crippen LogP contribution in [0, 0.1) is 0 Å². The Kier molecular flexibility index (Phi) is 14.8. The molecule has 29 heteroatoms. The van der Waals surface area contributed by atoms with Crippen LogP contribution < -0.4 is 11.5 Å². The van der Waals surface area contributed by atoms with Crippen LogP contribution in [0.5, 0.6) is 0 Å². The van der Waals surface area contributed by atoms with Gasteiger partial charge in [0.1, 0.15) is 41.8 Å². The zero-order chi connectivity index (χ0) is 44.8. The van der Waals surface area contributed by atoms with Crippen LogP contribution in [0.3, 0.4) is 0 Å². The Labute approximate surface area is 367 Å². The number of rotatable bonds is 16. The zero-order valence-electron chi connectivity index (χ0n) is 33.6. The Balaban J connectivity index is 0.984. The second-order valence-corrected chi connectivity index (χ2v) is 19.9. The molecule has 3 aliphatic rings. The van der Waals surface area contributed by atoms with E-state index in [1.165, 1.54) is 34.1 Å². The summed E-state index contributed by atoms with van der Waals surface area (Å²) in [5, 5.41) is 3.39. The summed E-state index contributed by atoms with van der Waals surface area (Å²) in [6.07, 6.45) is -8.30. The molecule has 0 spiro atoms. The topological polar surface area (TPSA) is 292 Å². The molecule has 8 rings (SSSR count). The molecule has 7 heterocycles. The van der Waals surface area contributed by atoms with Crippen molar-refractivity contribution in [2.45, 2.75) is 61.6 Å². The summed E-state index contributed by atoms with van der Waals surface area (Å²) in [4.78, 5) is 23.4. The van der Waals surface area contributed by atoms with Gasteiger partial charge in [-0.3, -0.25) is 22.7 Å². The number of aromatic nitrogens is 7. The number of hydrogen-bond donors (Lipinski definition) is 2. The molecule has 3 fully saturated rings. The molecule has 0 saturated carbocycles. The minimum absolute atomic E-state index is 0.0326. The van der Waals surface area contributed by atoms with E-state index in [2.05, 4.69) is 34.9 Å². The van der Waals surface area contributed by atoms with Gasteiger partial charge in [0.25, 0.3) is 7.47 Å². The third-order valence-electron chi connectivity index (χ3n) is 10.1. The first-order chi connectivity index (χ1) is 30.9. The maximum atomic E-state index is 16.8. The number of pyridine rings is 1. The monoisotopic (exact) mass is 948 g/mol. The van der Waals surface area contributed by atoms with E-state index >= 15 is 8.78 Å². The molecule has 23 nitrogen and oxygen atoms in total. The SMILES string of the molecule is [B][P@@]1(=O)OC[C@H]2O[C@@H](n3cnc4c(N)ccnc43)[C@H](F)[C@@H]2O[P@@](=O)(SCc2ccc(COCCOCCOCCN=[N+]=[N-])cc2)OC[C@H]2O[C@@H](n3cnc4c(N)ncnc43)[C@H](F)[C@@H]2O1. The summed E-state index contributed by atoms with van der Waals surface area (Å²) in [7, 11) is 1.35. The van der Waals surface area contributed by atoms with Crippen molar-refractivity contribution in [1.29, 1.82) is 0 Å². The average molecular weight is 949 g/mol. The maximum absolute atomic E-state index is 16.8. The predicted octanol–water partition coefficient (Wildman–Crippen LogP) is 4.90. The Morgan fingerprint density at radius 3 is 2.12 bits per heavy atom. The molecule has 1 aromatic carbocycles. The number of anilines is 2. The highest BCUT2D eigenvalue weighted by atomic mass is 32.7. The van der Waals surface area contributed by atoms with Gasteiger partial charge in [-0.05, 0) is 34.1 Å². The van der Waals surface area contributed by atoms with Crippen molar-refractivity contribution in [3.8, 4) is 0 Å². The Morgan fingerprint density at radius 1 is 0.812 bits per heavy atom. The molecule has 0 bridgehead atoms. The number of nitrogens with two attached hydrogens (primary N) is 2. The van der Waals surface area contributed by atoms with Crippen LogP contribution in [-0.4, -0.2) is 131 Å². The van der Waals surface area contributed by atoms with Crippen molar-refractivity contribution in [3.05, 3.63) is 77.1 Å². The first-order valence-corrected chi connectivity index (χ1v) is 24.4. The molecular formula is C35H41BF2N12O11P2S. The molecule has 4 aromatic heterocycles. The molecule has 0 aliphatic carbocycles. The fraction of sp³-hybridized carbons (Fsp3) is 0.514. The first-order valence-electron chi connectivity index (χ1n) is 19.6. The lowest BCUT2D eigenvalue weighted by Crippen LogP contribution is -2.37. The summed E-state index contributed by atoms with van der Waals surface area (Å²) in [5.41, 5.74) is 22.9. The van der Waals surface area contributed by atoms with E-state index < -0.39 is 76.7 Å². The number of fused-ring (bicyclic) bond motifs is 4. The first kappa shape index (κ1) is 46.2. The number of azide groups is 1. The van der Waals surface area contributed by atoms with Crippen molar-refractivity contribution < 1.29 is 59.7 Å². The molecule has 2 radical (unpaired) electrons. The van der Waals surface area contributed by atoms with Crippen molar-refractivity contribution in [1.82, 2.24) is 34.1 Å². The number of alkyl halides is 2. The van der Waals surface area contributed by atoms with E-state index in [4.69, 9.17) is 66.3 Å². The molecule has 0 unspecified atom stereocenters. The largest absolute Gasteiger partial charge is 0.397 e. The van der Waals surface area contributed by atoms with Gasteiger partial charge in [-0.1, -0.05) is 29.4 Å². The van der Waals surface area contributed by atoms with E-state index in [0.717, 1.165) is 23.3 Å². The van der Waals surface area contributed by atoms with E-state index in [0.29, 0.717) is 38.6 Å². The van der Waals surface area contributed by atoms with E-state index in [9.17, 15) is 9.13 Å². The predicted molar refractivity (Wildman–Crippen MR) is 225 cm³/mol. The second-order valence-electron chi connectivity index (χ2n) is 14.4. The maximum Gasteiger partial charge on any atom is 0.389 e. The fourth-order valence-electron chi connectivity index (χ4n) is 7.01. The van der Waals surface area contributed by atoms with E-state index in [1.807, 2.05) is 12.1 Å². The molecule has 340 valence electrons. The Hall–Kier alpha value is -4.33. The van der Waals surface area contributed by atoms with Gasteiger partial charge in [0.15, 0.2) is 41.9 Å².